The quantitative estimate of drug-likeness (QED) is 0.131. The second kappa shape index (κ2) is 24.6. The topological polar surface area (TPSA) is 29.5 Å². The number of rotatable bonds is 11. The minimum atomic E-state index is 0.271. The highest BCUT2D eigenvalue weighted by Crippen LogP contribution is 2.43. The molecule has 2 aliphatic rings. The first-order chi connectivity index (χ1) is 30.5. The number of phenols is 1. The van der Waals surface area contributed by atoms with Crippen molar-refractivity contribution < 1.29 is 9.84 Å². The van der Waals surface area contributed by atoms with E-state index in [1.807, 2.05) is 18.2 Å². The highest BCUT2D eigenvalue weighted by molar-refractivity contribution is 9.69. The van der Waals surface area contributed by atoms with Crippen molar-refractivity contribution in [3.05, 3.63) is 178 Å². The summed E-state index contributed by atoms with van der Waals surface area (Å²) in [4.78, 5) is 0. The molecule has 0 spiro atoms. The van der Waals surface area contributed by atoms with Crippen molar-refractivity contribution in [1.82, 2.24) is 0 Å². The fourth-order valence-corrected chi connectivity index (χ4v) is 9.94. The maximum atomic E-state index is 9.64. The summed E-state index contributed by atoms with van der Waals surface area (Å²) in [5.74, 6) is 4.09. The van der Waals surface area contributed by atoms with Crippen molar-refractivity contribution >= 4 is 50.5 Å². The van der Waals surface area contributed by atoms with E-state index in [1.165, 1.54) is 133 Å². The molecule has 0 amide bonds. The first-order valence-electron chi connectivity index (χ1n) is 23.3. The van der Waals surface area contributed by atoms with Crippen LogP contribution in [0.3, 0.4) is 0 Å². The SMILES string of the molecule is BrB(Br)Br.CCCc1ccc(C2CCC(c3ccc(-c4ccc(O)cc4C)cc3)CC2)cc1.CCCc1ccc(C2CCC(c3ccc(-c4ccc(OC)cc4C)cc3)CC2)cc1. The summed E-state index contributed by atoms with van der Waals surface area (Å²) in [6, 6.07) is 49.2. The molecule has 2 fully saturated rings. The Bertz CT molecular complexity index is 2270. The number of methoxy groups -OCH3 is 1. The van der Waals surface area contributed by atoms with Gasteiger partial charge in [-0.1, -0.05) is 136 Å². The van der Waals surface area contributed by atoms with E-state index in [4.69, 9.17) is 4.74 Å². The van der Waals surface area contributed by atoms with Gasteiger partial charge in [-0.25, -0.2) is 0 Å². The van der Waals surface area contributed by atoms with Gasteiger partial charge in [-0.05, 0) is 193 Å². The highest BCUT2D eigenvalue weighted by Gasteiger charge is 2.25. The van der Waals surface area contributed by atoms with Crippen LogP contribution in [-0.2, 0) is 12.8 Å². The summed E-state index contributed by atoms with van der Waals surface area (Å²) in [6.45, 7) is 8.70. The van der Waals surface area contributed by atoms with Crippen LogP contribution in [0.1, 0.15) is 146 Å². The van der Waals surface area contributed by atoms with Gasteiger partial charge in [-0.3, -0.25) is 0 Å². The van der Waals surface area contributed by atoms with Gasteiger partial charge < -0.3 is 9.84 Å². The van der Waals surface area contributed by atoms with Crippen LogP contribution in [0.25, 0.3) is 22.3 Å². The molecule has 6 aromatic carbocycles. The van der Waals surface area contributed by atoms with Crippen molar-refractivity contribution in [3.63, 3.8) is 0 Å². The minimum Gasteiger partial charge on any atom is -0.508 e. The third-order valence-electron chi connectivity index (χ3n) is 13.5. The monoisotopic (exact) mass is 1030 g/mol. The molecule has 2 aliphatic carbocycles. The summed E-state index contributed by atoms with van der Waals surface area (Å²) in [7, 11) is 1.72. The van der Waals surface area contributed by atoms with Gasteiger partial charge >= 0.3 is 3.18 Å². The average Bonchev–Trinajstić information content (AvgIpc) is 3.30. The number of halogens is 3. The highest BCUT2D eigenvalue weighted by atomic mass is 79.9. The van der Waals surface area contributed by atoms with Crippen LogP contribution in [0.5, 0.6) is 11.5 Å². The Balaban J connectivity index is 0.000000194. The largest absolute Gasteiger partial charge is 0.508 e. The van der Waals surface area contributed by atoms with Crippen LogP contribution in [0, 0.1) is 13.8 Å². The van der Waals surface area contributed by atoms with Gasteiger partial charge in [0, 0.05) is 0 Å². The molecule has 6 heteroatoms. The van der Waals surface area contributed by atoms with Crippen LogP contribution in [0.15, 0.2) is 133 Å². The summed E-state index contributed by atoms with van der Waals surface area (Å²) in [5.41, 5.74) is 16.4. The summed E-state index contributed by atoms with van der Waals surface area (Å²) >= 11 is 9.31. The van der Waals surface area contributed by atoms with E-state index in [0.717, 1.165) is 23.1 Å². The molecule has 0 aromatic heterocycles. The molecular formula is C57H66BBr3O2. The van der Waals surface area contributed by atoms with Gasteiger partial charge in [0.2, 0.25) is 0 Å². The van der Waals surface area contributed by atoms with Crippen molar-refractivity contribution in [2.75, 3.05) is 7.11 Å². The smallest absolute Gasteiger partial charge is 0.369 e. The predicted molar refractivity (Wildman–Crippen MR) is 283 cm³/mol. The van der Waals surface area contributed by atoms with E-state index in [-0.39, 0.29) is 3.18 Å². The lowest BCUT2D eigenvalue weighted by Crippen LogP contribution is -2.12. The molecule has 2 nitrogen and oxygen atoms in total. The third-order valence-corrected chi connectivity index (χ3v) is 13.5. The van der Waals surface area contributed by atoms with E-state index >= 15 is 0 Å². The number of phenolic OH excluding ortho intramolecular Hbond substituents is 1. The summed E-state index contributed by atoms with van der Waals surface area (Å²) in [6.07, 6.45) is 15.1. The molecule has 1 N–H and O–H groups in total. The van der Waals surface area contributed by atoms with Gasteiger partial charge in [0.25, 0.3) is 0 Å². The Kier molecular flexibility index (Phi) is 19.1. The minimum absolute atomic E-state index is 0.271. The van der Waals surface area contributed by atoms with Crippen molar-refractivity contribution in [3.8, 4) is 33.8 Å². The Labute approximate surface area is 404 Å². The van der Waals surface area contributed by atoms with E-state index < -0.39 is 0 Å². The number of aryl methyl sites for hydroxylation is 4. The summed E-state index contributed by atoms with van der Waals surface area (Å²) < 4.78 is 5.61. The van der Waals surface area contributed by atoms with E-state index in [0.29, 0.717) is 17.6 Å². The zero-order valence-corrected chi connectivity index (χ0v) is 42.8. The molecule has 2 saturated carbocycles. The third kappa shape index (κ3) is 14.2. The Hall–Kier alpha value is -3.58. The van der Waals surface area contributed by atoms with Gasteiger partial charge in [-0.15, -0.1) is 47.3 Å². The molecule has 0 bridgehead atoms. The van der Waals surface area contributed by atoms with Gasteiger partial charge in [0.15, 0.2) is 0 Å². The molecular weight excluding hydrogens is 967 g/mol. The molecule has 0 radical (unpaired) electrons. The number of benzene rings is 6. The fourth-order valence-electron chi connectivity index (χ4n) is 9.94. The molecule has 330 valence electrons. The van der Waals surface area contributed by atoms with Crippen molar-refractivity contribution in [2.45, 2.75) is 128 Å². The first-order valence-corrected chi connectivity index (χ1v) is 26.0. The number of aromatic hydroxyl groups is 1. The second-order valence-electron chi connectivity index (χ2n) is 17.8. The molecule has 0 saturated heterocycles. The molecule has 0 aliphatic heterocycles. The molecule has 8 rings (SSSR count). The van der Waals surface area contributed by atoms with Gasteiger partial charge in [0.05, 0.1) is 7.11 Å². The maximum absolute atomic E-state index is 9.64. The number of ether oxygens (including phenoxy) is 1. The molecule has 0 heterocycles. The molecule has 0 unspecified atom stereocenters. The maximum Gasteiger partial charge on any atom is 0.369 e. The molecule has 63 heavy (non-hydrogen) atoms. The lowest BCUT2D eigenvalue weighted by atomic mass is 9.76. The van der Waals surface area contributed by atoms with Crippen LogP contribution in [-0.4, -0.2) is 15.4 Å². The number of hydrogen-bond acceptors (Lipinski definition) is 2. The zero-order chi connectivity index (χ0) is 44.7. The Morgan fingerprint density at radius 2 is 0.794 bits per heavy atom. The Morgan fingerprint density at radius 1 is 0.476 bits per heavy atom. The van der Waals surface area contributed by atoms with Gasteiger partial charge in [-0.2, -0.15) is 0 Å². The second-order valence-corrected chi connectivity index (χ2v) is 24.2. The van der Waals surface area contributed by atoms with E-state index in [9.17, 15) is 5.11 Å². The van der Waals surface area contributed by atoms with Gasteiger partial charge in [0.1, 0.15) is 11.5 Å². The normalized spacial score (nSPS) is 18.3. The molecule has 6 aromatic rings. The lowest BCUT2D eigenvalue weighted by molar-refractivity contribution is 0.396. The fraction of sp³-hybridized carbons (Fsp3) is 0.368. The van der Waals surface area contributed by atoms with Crippen LogP contribution >= 0.6 is 47.3 Å². The first kappa shape index (κ1) is 48.9. The van der Waals surface area contributed by atoms with Crippen molar-refractivity contribution in [1.29, 1.82) is 0 Å². The lowest BCUT2D eigenvalue weighted by Gasteiger charge is -2.29. The van der Waals surface area contributed by atoms with E-state index in [1.54, 1.807) is 18.7 Å². The average molecular weight is 1030 g/mol. The zero-order valence-electron chi connectivity index (χ0n) is 38.1. The predicted octanol–water partition coefficient (Wildman–Crippen LogP) is 18.0. The number of hydrogen-bond donors (Lipinski definition) is 1. The summed E-state index contributed by atoms with van der Waals surface area (Å²) in [5, 5.41) is 9.64. The van der Waals surface area contributed by atoms with Crippen LogP contribution in [0.4, 0.5) is 0 Å². The Morgan fingerprint density at radius 3 is 1.10 bits per heavy atom. The van der Waals surface area contributed by atoms with Crippen LogP contribution < -0.4 is 4.74 Å². The molecule has 0 atom stereocenters. The van der Waals surface area contributed by atoms with Crippen molar-refractivity contribution in [2.24, 2.45) is 0 Å². The van der Waals surface area contributed by atoms with E-state index in [2.05, 4.69) is 184 Å². The standard InChI is InChI=1S/C29H34O.C28H32O.BBr3/c1-4-5-22-6-8-23(9-7-22)24-10-12-25(13-11-24)26-14-16-27(17-15-26)29-19-18-28(30-3)20-21(29)2;1-3-4-21-5-7-22(8-6-21)23-9-11-24(12-10-23)25-13-15-26(16-14-25)28-18-17-27(29)19-20(28)2;2-1(3)4/h6-9,14-20,24-25H,4-5,10-13H2,1-3H3;5-8,13-19,23-24,29H,3-4,9-12H2,1-2H3;. The van der Waals surface area contributed by atoms with Crippen LogP contribution in [0.2, 0.25) is 0 Å².